The summed E-state index contributed by atoms with van der Waals surface area (Å²) in [5, 5.41) is 3.20. The molecule has 0 amide bonds. The van der Waals surface area contributed by atoms with Crippen molar-refractivity contribution in [1.29, 1.82) is 0 Å². The van der Waals surface area contributed by atoms with Crippen LogP contribution in [0.25, 0.3) is 0 Å². The van der Waals surface area contributed by atoms with Crippen molar-refractivity contribution in [1.82, 2.24) is 10.0 Å². The highest BCUT2D eigenvalue weighted by Crippen LogP contribution is 2.01. The molecule has 0 radical (unpaired) electrons. The summed E-state index contributed by atoms with van der Waals surface area (Å²) in [6.45, 7) is 2.02. The molecule has 17 heavy (non-hydrogen) atoms. The van der Waals surface area contributed by atoms with Gasteiger partial charge in [-0.1, -0.05) is 30.3 Å². The van der Waals surface area contributed by atoms with Gasteiger partial charge in [-0.3, -0.25) is 0 Å². The van der Waals surface area contributed by atoms with Crippen LogP contribution >= 0.6 is 0 Å². The van der Waals surface area contributed by atoms with Gasteiger partial charge in [0.25, 0.3) is 0 Å². The Morgan fingerprint density at radius 1 is 1.06 bits per heavy atom. The van der Waals surface area contributed by atoms with Gasteiger partial charge in [0.2, 0.25) is 10.0 Å². The summed E-state index contributed by atoms with van der Waals surface area (Å²) in [6.07, 6.45) is 3.28. The quantitative estimate of drug-likeness (QED) is 0.675. The van der Waals surface area contributed by atoms with Crippen LogP contribution in [-0.2, 0) is 16.4 Å². The number of hydrogen-bond donors (Lipinski definition) is 2. The molecule has 0 heterocycles. The molecule has 0 aromatic heterocycles. The molecular weight excluding hydrogens is 236 g/mol. The molecule has 1 aromatic rings. The molecule has 5 heteroatoms. The van der Waals surface area contributed by atoms with E-state index >= 15 is 0 Å². The Kier molecular flexibility index (Phi) is 6.18. The van der Waals surface area contributed by atoms with Gasteiger partial charge in [-0.2, -0.15) is 0 Å². The molecule has 4 nitrogen and oxygen atoms in total. The Hall–Kier alpha value is -0.910. The molecule has 0 saturated carbocycles. The van der Waals surface area contributed by atoms with Crippen molar-refractivity contribution in [2.24, 2.45) is 0 Å². The smallest absolute Gasteiger partial charge is 0.208 e. The molecule has 1 rings (SSSR count). The fourth-order valence-electron chi connectivity index (χ4n) is 1.51. The van der Waals surface area contributed by atoms with Gasteiger partial charge >= 0.3 is 0 Å². The van der Waals surface area contributed by atoms with Gasteiger partial charge in [-0.05, 0) is 24.9 Å². The van der Waals surface area contributed by atoms with E-state index in [1.165, 1.54) is 11.8 Å². The number of rotatable bonds is 8. The highest BCUT2D eigenvalue weighted by Gasteiger charge is 1.98. The van der Waals surface area contributed by atoms with E-state index in [9.17, 15) is 8.42 Å². The monoisotopic (exact) mass is 256 g/mol. The lowest BCUT2D eigenvalue weighted by atomic mass is 10.1. The molecule has 0 aliphatic carbocycles. The third-order valence-electron chi connectivity index (χ3n) is 2.33. The minimum atomic E-state index is -3.05. The first-order valence-electron chi connectivity index (χ1n) is 5.77. The van der Waals surface area contributed by atoms with E-state index in [2.05, 4.69) is 22.2 Å². The first kappa shape index (κ1) is 14.2. The Morgan fingerprint density at radius 3 is 2.41 bits per heavy atom. The van der Waals surface area contributed by atoms with Gasteiger partial charge in [0, 0.05) is 13.1 Å². The molecule has 0 saturated heterocycles. The average molecular weight is 256 g/mol. The summed E-state index contributed by atoms with van der Waals surface area (Å²) in [7, 11) is -3.05. The minimum absolute atomic E-state index is 0.449. The van der Waals surface area contributed by atoms with E-state index in [4.69, 9.17) is 0 Å². The third-order valence-corrected chi connectivity index (χ3v) is 3.06. The van der Waals surface area contributed by atoms with Crippen molar-refractivity contribution in [3.05, 3.63) is 35.9 Å². The van der Waals surface area contributed by atoms with E-state index in [0.717, 1.165) is 19.4 Å². The fraction of sp³-hybridized carbons (Fsp3) is 0.500. The van der Waals surface area contributed by atoms with Gasteiger partial charge in [0.05, 0.1) is 6.26 Å². The maximum atomic E-state index is 10.8. The molecule has 0 aliphatic heterocycles. The van der Waals surface area contributed by atoms with Crippen molar-refractivity contribution >= 4 is 10.0 Å². The van der Waals surface area contributed by atoms with Crippen LogP contribution in [0.4, 0.5) is 0 Å². The molecule has 96 valence electrons. The van der Waals surface area contributed by atoms with Crippen molar-refractivity contribution in [2.45, 2.75) is 12.8 Å². The number of benzene rings is 1. The van der Waals surface area contributed by atoms with E-state index in [0.29, 0.717) is 13.1 Å². The highest BCUT2D eigenvalue weighted by atomic mass is 32.2. The van der Waals surface area contributed by atoms with Crippen LogP contribution in [0.15, 0.2) is 30.3 Å². The SMILES string of the molecule is CS(=O)(=O)NCCNCCCc1ccccc1. The highest BCUT2D eigenvalue weighted by molar-refractivity contribution is 7.88. The normalized spacial score (nSPS) is 11.6. The Balaban J connectivity index is 1.99. The standard InChI is InChI=1S/C12H20N2O2S/c1-17(15,16)14-11-10-13-9-5-8-12-6-3-2-4-7-12/h2-4,6-7,13-14H,5,8-11H2,1H3. The van der Waals surface area contributed by atoms with Crippen LogP contribution in [0, 0.1) is 0 Å². The van der Waals surface area contributed by atoms with Crippen LogP contribution in [0.1, 0.15) is 12.0 Å². The topological polar surface area (TPSA) is 58.2 Å². The summed E-state index contributed by atoms with van der Waals surface area (Å²) in [6, 6.07) is 10.3. The number of hydrogen-bond acceptors (Lipinski definition) is 3. The Labute approximate surface area is 103 Å². The zero-order valence-corrected chi connectivity index (χ0v) is 11.0. The van der Waals surface area contributed by atoms with Gasteiger partial charge < -0.3 is 5.32 Å². The zero-order chi connectivity index (χ0) is 12.6. The molecule has 0 fully saturated rings. The maximum absolute atomic E-state index is 10.8. The van der Waals surface area contributed by atoms with E-state index in [1.54, 1.807) is 0 Å². The average Bonchev–Trinajstić information content (AvgIpc) is 2.28. The zero-order valence-electron chi connectivity index (χ0n) is 10.1. The van der Waals surface area contributed by atoms with Gasteiger partial charge in [0.1, 0.15) is 0 Å². The summed E-state index contributed by atoms with van der Waals surface area (Å²) >= 11 is 0. The molecule has 0 unspecified atom stereocenters. The van der Waals surface area contributed by atoms with Gasteiger partial charge in [0.15, 0.2) is 0 Å². The summed E-state index contributed by atoms with van der Waals surface area (Å²) in [4.78, 5) is 0. The number of aryl methyl sites for hydroxylation is 1. The second-order valence-corrected chi connectivity index (χ2v) is 5.84. The maximum Gasteiger partial charge on any atom is 0.208 e. The molecular formula is C12H20N2O2S. The van der Waals surface area contributed by atoms with E-state index < -0.39 is 10.0 Å². The molecule has 0 atom stereocenters. The van der Waals surface area contributed by atoms with Crippen molar-refractivity contribution in [3.63, 3.8) is 0 Å². The first-order valence-corrected chi connectivity index (χ1v) is 7.66. The van der Waals surface area contributed by atoms with Gasteiger partial charge in [-0.15, -0.1) is 0 Å². The second-order valence-electron chi connectivity index (χ2n) is 4.01. The summed E-state index contributed by atoms with van der Waals surface area (Å²) in [5.41, 5.74) is 1.34. The lowest BCUT2D eigenvalue weighted by Crippen LogP contribution is -2.31. The lowest BCUT2D eigenvalue weighted by Gasteiger charge is -2.05. The van der Waals surface area contributed by atoms with Crippen molar-refractivity contribution < 1.29 is 8.42 Å². The van der Waals surface area contributed by atoms with Crippen LogP contribution in [0.3, 0.4) is 0 Å². The summed E-state index contributed by atoms with van der Waals surface area (Å²) in [5.74, 6) is 0. The molecule has 0 bridgehead atoms. The predicted octanol–water partition coefficient (Wildman–Crippen LogP) is 0.758. The largest absolute Gasteiger partial charge is 0.315 e. The van der Waals surface area contributed by atoms with Crippen molar-refractivity contribution in [3.8, 4) is 0 Å². The van der Waals surface area contributed by atoms with Crippen LogP contribution < -0.4 is 10.0 Å². The van der Waals surface area contributed by atoms with E-state index in [1.807, 2.05) is 18.2 Å². The van der Waals surface area contributed by atoms with Crippen molar-refractivity contribution in [2.75, 3.05) is 25.9 Å². The fourth-order valence-corrected chi connectivity index (χ4v) is 1.98. The third kappa shape index (κ3) is 7.90. The van der Waals surface area contributed by atoms with Gasteiger partial charge in [-0.25, -0.2) is 13.1 Å². The summed E-state index contributed by atoms with van der Waals surface area (Å²) < 4.78 is 24.0. The lowest BCUT2D eigenvalue weighted by molar-refractivity contribution is 0.579. The minimum Gasteiger partial charge on any atom is -0.315 e. The molecule has 1 aromatic carbocycles. The number of sulfonamides is 1. The van der Waals surface area contributed by atoms with Crippen LogP contribution in [0.2, 0.25) is 0 Å². The number of nitrogens with one attached hydrogen (secondary N) is 2. The Bertz CT molecular complexity index is 404. The second kappa shape index (κ2) is 7.42. The Morgan fingerprint density at radius 2 is 1.76 bits per heavy atom. The predicted molar refractivity (Wildman–Crippen MR) is 70.5 cm³/mol. The molecule has 0 aliphatic rings. The molecule has 2 N–H and O–H groups in total. The molecule has 0 spiro atoms. The van der Waals surface area contributed by atoms with Crippen LogP contribution in [-0.4, -0.2) is 34.3 Å². The van der Waals surface area contributed by atoms with E-state index in [-0.39, 0.29) is 0 Å². The first-order chi connectivity index (χ1) is 8.08. The van der Waals surface area contributed by atoms with Crippen LogP contribution in [0.5, 0.6) is 0 Å².